The molecule has 0 atom stereocenters. The Morgan fingerprint density at radius 3 is 2.56 bits per heavy atom. The summed E-state index contributed by atoms with van der Waals surface area (Å²) in [4.78, 5) is 19.2. The maximum absolute atomic E-state index is 12.8. The molecule has 3 aromatic rings. The molecule has 7 nitrogen and oxygen atoms in total. The number of hydrogen-bond donors (Lipinski definition) is 0. The highest BCUT2D eigenvalue weighted by Crippen LogP contribution is 2.24. The van der Waals surface area contributed by atoms with Crippen molar-refractivity contribution in [1.82, 2.24) is 24.6 Å². The van der Waals surface area contributed by atoms with Crippen LogP contribution in [0, 0.1) is 0 Å². The van der Waals surface area contributed by atoms with E-state index >= 15 is 0 Å². The lowest BCUT2D eigenvalue weighted by Gasteiger charge is -2.25. The first-order valence-electron chi connectivity index (χ1n) is 8.34. The van der Waals surface area contributed by atoms with Gasteiger partial charge in [0.05, 0.1) is 6.54 Å². The molecule has 128 valence electrons. The Morgan fingerprint density at radius 2 is 1.88 bits per heavy atom. The van der Waals surface area contributed by atoms with E-state index in [0.29, 0.717) is 25.1 Å². The molecule has 0 radical (unpaired) electrons. The number of oxazole rings is 1. The summed E-state index contributed by atoms with van der Waals surface area (Å²) in [6.45, 7) is 5.25. The van der Waals surface area contributed by atoms with E-state index in [-0.39, 0.29) is 11.8 Å². The third kappa shape index (κ3) is 2.93. The van der Waals surface area contributed by atoms with Crippen molar-refractivity contribution >= 4 is 5.91 Å². The van der Waals surface area contributed by atoms with Crippen LogP contribution in [0.15, 0.2) is 41.3 Å². The van der Waals surface area contributed by atoms with Gasteiger partial charge in [0, 0.05) is 30.1 Å². The van der Waals surface area contributed by atoms with Gasteiger partial charge in [-0.2, -0.15) is 0 Å². The molecule has 0 bridgehead atoms. The molecule has 25 heavy (non-hydrogen) atoms. The van der Waals surface area contributed by atoms with Gasteiger partial charge in [0.2, 0.25) is 0 Å². The van der Waals surface area contributed by atoms with Gasteiger partial charge >= 0.3 is 0 Å². The second kappa shape index (κ2) is 6.16. The summed E-state index contributed by atoms with van der Waals surface area (Å²) in [5.41, 5.74) is 2.46. The molecule has 1 amide bonds. The monoisotopic (exact) mass is 337 g/mol. The lowest BCUT2D eigenvalue weighted by atomic mass is 10.1. The van der Waals surface area contributed by atoms with Crippen LogP contribution in [-0.4, -0.2) is 37.1 Å². The van der Waals surface area contributed by atoms with Gasteiger partial charge in [0.25, 0.3) is 5.91 Å². The Bertz CT molecular complexity index is 881. The van der Waals surface area contributed by atoms with E-state index < -0.39 is 0 Å². The van der Waals surface area contributed by atoms with Gasteiger partial charge in [-0.3, -0.25) is 9.36 Å². The van der Waals surface area contributed by atoms with Gasteiger partial charge in [-0.1, -0.05) is 13.8 Å². The summed E-state index contributed by atoms with van der Waals surface area (Å²) in [5, 5.41) is 7.57. The molecule has 2 aromatic heterocycles. The summed E-state index contributed by atoms with van der Waals surface area (Å²) in [6, 6.07) is 7.43. The first-order valence-corrected chi connectivity index (χ1v) is 8.34. The van der Waals surface area contributed by atoms with Gasteiger partial charge in [0.1, 0.15) is 24.1 Å². The molecule has 3 heterocycles. The molecule has 0 fully saturated rings. The van der Waals surface area contributed by atoms with Crippen LogP contribution in [-0.2, 0) is 13.0 Å². The van der Waals surface area contributed by atoms with Crippen LogP contribution in [0.5, 0.6) is 0 Å². The molecule has 0 spiro atoms. The molecule has 0 N–H and O–H groups in total. The van der Waals surface area contributed by atoms with Crippen LogP contribution in [0.4, 0.5) is 0 Å². The van der Waals surface area contributed by atoms with E-state index in [0.717, 1.165) is 23.0 Å². The minimum atomic E-state index is 0.00931. The van der Waals surface area contributed by atoms with E-state index in [1.165, 1.54) is 0 Å². The van der Waals surface area contributed by atoms with E-state index in [1.807, 2.05) is 29.2 Å². The molecular weight excluding hydrogens is 318 g/mol. The van der Waals surface area contributed by atoms with Crippen molar-refractivity contribution in [2.45, 2.75) is 32.7 Å². The van der Waals surface area contributed by atoms with Crippen molar-refractivity contribution in [2.24, 2.45) is 0 Å². The predicted octanol–water partition coefficient (Wildman–Crippen LogP) is 2.58. The smallest absolute Gasteiger partial charge is 0.254 e. The average molecular weight is 337 g/mol. The SMILES string of the molecule is CC(C)c1nc2c(o1)CCN(C(=O)c1ccc(-n3cnnc3)cc1)C2. The lowest BCUT2D eigenvalue weighted by Crippen LogP contribution is -2.35. The van der Waals surface area contributed by atoms with E-state index in [1.54, 1.807) is 17.2 Å². The predicted molar refractivity (Wildman–Crippen MR) is 90.4 cm³/mol. The fourth-order valence-electron chi connectivity index (χ4n) is 2.93. The highest BCUT2D eigenvalue weighted by atomic mass is 16.4. The number of carbonyl (C=O) groups is 1. The van der Waals surface area contributed by atoms with Crippen molar-refractivity contribution in [2.75, 3.05) is 6.54 Å². The third-order valence-corrected chi connectivity index (χ3v) is 4.36. The number of fused-ring (bicyclic) bond motifs is 1. The molecule has 0 saturated heterocycles. The molecule has 7 heteroatoms. The Balaban J connectivity index is 1.51. The van der Waals surface area contributed by atoms with Gasteiger partial charge in [-0.15, -0.1) is 10.2 Å². The minimum Gasteiger partial charge on any atom is -0.445 e. The minimum absolute atomic E-state index is 0.00931. The van der Waals surface area contributed by atoms with Crippen molar-refractivity contribution < 1.29 is 9.21 Å². The van der Waals surface area contributed by atoms with Crippen molar-refractivity contribution in [1.29, 1.82) is 0 Å². The number of benzene rings is 1. The summed E-state index contributed by atoms with van der Waals surface area (Å²) in [5.74, 6) is 1.92. The molecule has 0 aliphatic carbocycles. The number of nitrogens with zero attached hydrogens (tertiary/aromatic N) is 5. The van der Waals surface area contributed by atoms with Crippen LogP contribution >= 0.6 is 0 Å². The number of hydrogen-bond acceptors (Lipinski definition) is 5. The first-order chi connectivity index (χ1) is 12.1. The van der Waals surface area contributed by atoms with Crippen LogP contribution in [0.2, 0.25) is 0 Å². The zero-order valence-electron chi connectivity index (χ0n) is 14.2. The Labute approximate surface area is 145 Å². The second-order valence-corrected chi connectivity index (χ2v) is 6.47. The molecule has 0 saturated carbocycles. The Hall–Kier alpha value is -2.96. The highest BCUT2D eigenvalue weighted by Gasteiger charge is 2.26. The van der Waals surface area contributed by atoms with E-state index in [9.17, 15) is 4.79 Å². The van der Waals surface area contributed by atoms with Crippen molar-refractivity contribution in [3.63, 3.8) is 0 Å². The fraction of sp³-hybridized carbons (Fsp3) is 0.333. The van der Waals surface area contributed by atoms with Crippen LogP contribution in [0.25, 0.3) is 5.69 Å². The maximum atomic E-state index is 12.8. The number of amides is 1. The standard InChI is InChI=1S/C18H19N5O2/c1-12(2)17-21-15-9-22(8-7-16(15)25-17)18(24)13-3-5-14(6-4-13)23-10-19-20-11-23/h3-6,10-12H,7-9H2,1-2H3. The number of aromatic nitrogens is 4. The van der Waals surface area contributed by atoms with Gasteiger partial charge in [-0.05, 0) is 24.3 Å². The maximum Gasteiger partial charge on any atom is 0.254 e. The highest BCUT2D eigenvalue weighted by molar-refractivity contribution is 5.94. The molecular formula is C18H19N5O2. The lowest BCUT2D eigenvalue weighted by molar-refractivity contribution is 0.0728. The van der Waals surface area contributed by atoms with Crippen molar-refractivity contribution in [3.05, 3.63) is 59.8 Å². The van der Waals surface area contributed by atoms with Crippen LogP contribution in [0.1, 0.15) is 47.5 Å². The molecule has 1 aliphatic rings. The summed E-state index contributed by atoms with van der Waals surface area (Å²) in [7, 11) is 0. The van der Waals surface area contributed by atoms with Crippen LogP contribution in [0.3, 0.4) is 0 Å². The third-order valence-electron chi connectivity index (χ3n) is 4.36. The second-order valence-electron chi connectivity index (χ2n) is 6.47. The zero-order chi connectivity index (χ0) is 17.4. The van der Waals surface area contributed by atoms with Gasteiger partial charge in [-0.25, -0.2) is 4.98 Å². The summed E-state index contributed by atoms with van der Waals surface area (Å²) < 4.78 is 7.59. The Kier molecular flexibility index (Phi) is 3.83. The topological polar surface area (TPSA) is 77.0 Å². The van der Waals surface area contributed by atoms with Gasteiger partial charge < -0.3 is 9.32 Å². The number of rotatable bonds is 3. The normalized spacial score (nSPS) is 14.0. The van der Waals surface area contributed by atoms with E-state index in [2.05, 4.69) is 29.0 Å². The van der Waals surface area contributed by atoms with Crippen molar-refractivity contribution in [3.8, 4) is 5.69 Å². The first kappa shape index (κ1) is 15.6. The summed E-state index contributed by atoms with van der Waals surface area (Å²) >= 11 is 0. The van der Waals surface area contributed by atoms with E-state index in [4.69, 9.17) is 4.42 Å². The molecule has 1 aromatic carbocycles. The Morgan fingerprint density at radius 1 is 1.16 bits per heavy atom. The van der Waals surface area contributed by atoms with Crippen LogP contribution < -0.4 is 0 Å². The largest absolute Gasteiger partial charge is 0.445 e. The molecule has 1 aliphatic heterocycles. The summed E-state index contributed by atoms with van der Waals surface area (Å²) in [6.07, 6.45) is 3.96. The molecule has 4 rings (SSSR count). The molecule has 0 unspecified atom stereocenters. The number of carbonyl (C=O) groups excluding carboxylic acids is 1. The zero-order valence-corrected chi connectivity index (χ0v) is 14.2. The quantitative estimate of drug-likeness (QED) is 0.734. The fourth-order valence-corrected chi connectivity index (χ4v) is 2.93. The average Bonchev–Trinajstić information content (AvgIpc) is 3.30. The van der Waals surface area contributed by atoms with Gasteiger partial charge in [0.15, 0.2) is 5.89 Å².